The van der Waals surface area contributed by atoms with Gasteiger partial charge < -0.3 is 15.4 Å². The first-order valence-electron chi connectivity index (χ1n) is 8.46. The van der Waals surface area contributed by atoms with Crippen LogP contribution in [0.25, 0.3) is 5.82 Å². The molecule has 3 aromatic rings. The van der Waals surface area contributed by atoms with Gasteiger partial charge in [0.25, 0.3) is 5.91 Å². The van der Waals surface area contributed by atoms with Crippen molar-refractivity contribution in [3.05, 3.63) is 65.3 Å². The minimum Gasteiger partial charge on any atom is -0.371 e. The van der Waals surface area contributed by atoms with E-state index < -0.39 is 0 Å². The molecule has 2 N–H and O–H groups in total. The smallest absolute Gasteiger partial charge is 0.258 e. The highest BCUT2D eigenvalue weighted by molar-refractivity contribution is 6.30. The average molecular weight is 421 g/mol. The Morgan fingerprint density at radius 1 is 1.25 bits per heavy atom. The fourth-order valence-corrected chi connectivity index (χ4v) is 2.98. The summed E-state index contributed by atoms with van der Waals surface area (Å²) in [6.07, 6.45) is 6.05. The predicted octanol–water partition coefficient (Wildman–Crippen LogP) is 2.65. The highest BCUT2D eigenvalue weighted by atomic mass is 35.5. The van der Waals surface area contributed by atoms with E-state index in [1.807, 2.05) is 24.3 Å². The van der Waals surface area contributed by atoms with E-state index in [-0.39, 0.29) is 29.6 Å². The SMILES string of the molecule is Cl.O=C(Nc1ccc([C@H]2CNCCO2)cc1)c1cnn(-c2nccnc2Cl)c1. The van der Waals surface area contributed by atoms with Crippen LogP contribution in [0.3, 0.4) is 0 Å². The van der Waals surface area contributed by atoms with E-state index in [2.05, 4.69) is 25.7 Å². The van der Waals surface area contributed by atoms with Gasteiger partial charge in [-0.25, -0.2) is 14.6 Å². The molecule has 0 radical (unpaired) electrons. The van der Waals surface area contributed by atoms with Gasteiger partial charge in [-0.15, -0.1) is 12.4 Å². The lowest BCUT2D eigenvalue weighted by Gasteiger charge is -2.24. The third-order valence-electron chi connectivity index (χ3n) is 4.17. The molecular weight excluding hydrogens is 403 g/mol. The van der Waals surface area contributed by atoms with Crippen molar-refractivity contribution in [2.45, 2.75) is 6.10 Å². The molecule has 0 aliphatic carbocycles. The van der Waals surface area contributed by atoms with Crippen molar-refractivity contribution >= 4 is 35.6 Å². The minimum absolute atomic E-state index is 0. The third-order valence-corrected chi connectivity index (χ3v) is 4.43. The number of benzene rings is 1. The lowest BCUT2D eigenvalue weighted by Crippen LogP contribution is -2.33. The second-order valence-corrected chi connectivity index (χ2v) is 6.34. The van der Waals surface area contributed by atoms with E-state index in [1.165, 1.54) is 23.3 Å². The zero-order chi connectivity index (χ0) is 18.6. The van der Waals surface area contributed by atoms with Gasteiger partial charge in [-0.2, -0.15) is 5.10 Å². The number of carbonyl (C=O) groups excluding carboxylic acids is 1. The number of carbonyl (C=O) groups is 1. The Morgan fingerprint density at radius 2 is 2.04 bits per heavy atom. The number of aromatic nitrogens is 4. The van der Waals surface area contributed by atoms with Gasteiger partial charge in [-0.05, 0) is 17.7 Å². The molecule has 10 heteroatoms. The van der Waals surface area contributed by atoms with Gasteiger partial charge in [-0.1, -0.05) is 23.7 Å². The zero-order valence-electron chi connectivity index (χ0n) is 14.7. The zero-order valence-corrected chi connectivity index (χ0v) is 16.3. The number of nitrogens with one attached hydrogen (secondary N) is 2. The molecule has 4 rings (SSSR count). The Kier molecular flexibility index (Phi) is 6.58. The topological polar surface area (TPSA) is 94.0 Å². The maximum atomic E-state index is 12.5. The lowest BCUT2D eigenvalue weighted by molar-refractivity contribution is 0.0277. The first-order valence-corrected chi connectivity index (χ1v) is 8.84. The van der Waals surface area contributed by atoms with Crippen LogP contribution in [0.1, 0.15) is 22.0 Å². The highest BCUT2D eigenvalue weighted by Crippen LogP contribution is 2.21. The fraction of sp³-hybridized carbons (Fsp3) is 0.222. The van der Waals surface area contributed by atoms with Crippen molar-refractivity contribution in [1.82, 2.24) is 25.1 Å². The summed E-state index contributed by atoms with van der Waals surface area (Å²) in [6, 6.07) is 7.62. The van der Waals surface area contributed by atoms with Gasteiger partial charge in [0.2, 0.25) is 0 Å². The van der Waals surface area contributed by atoms with Gasteiger partial charge in [0.1, 0.15) is 0 Å². The molecule has 1 amide bonds. The quantitative estimate of drug-likeness (QED) is 0.673. The molecule has 2 aromatic heterocycles. The molecule has 1 aliphatic heterocycles. The van der Waals surface area contributed by atoms with E-state index >= 15 is 0 Å². The molecule has 1 aromatic carbocycles. The third kappa shape index (κ3) is 4.48. The molecule has 1 aliphatic rings. The van der Waals surface area contributed by atoms with E-state index in [9.17, 15) is 4.79 Å². The maximum Gasteiger partial charge on any atom is 0.258 e. The van der Waals surface area contributed by atoms with Crippen LogP contribution in [0.4, 0.5) is 5.69 Å². The van der Waals surface area contributed by atoms with E-state index in [1.54, 1.807) is 6.20 Å². The molecule has 0 bridgehead atoms. The summed E-state index contributed by atoms with van der Waals surface area (Å²) in [5.74, 6) is 0.0910. The van der Waals surface area contributed by atoms with Gasteiger partial charge in [0.15, 0.2) is 11.0 Å². The van der Waals surface area contributed by atoms with Crippen LogP contribution in [0, 0.1) is 0 Å². The minimum atomic E-state index is -0.274. The second kappa shape index (κ2) is 9.11. The predicted molar refractivity (Wildman–Crippen MR) is 107 cm³/mol. The van der Waals surface area contributed by atoms with Crippen LogP contribution in [0.2, 0.25) is 5.15 Å². The van der Waals surface area contributed by atoms with Crippen molar-refractivity contribution in [2.24, 2.45) is 0 Å². The summed E-state index contributed by atoms with van der Waals surface area (Å²) in [5.41, 5.74) is 2.16. The van der Waals surface area contributed by atoms with E-state index in [0.29, 0.717) is 23.7 Å². The molecule has 3 heterocycles. The van der Waals surface area contributed by atoms with E-state index in [4.69, 9.17) is 16.3 Å². The van der Waals surface area contributed by atoms with Gasteiger partial charge in [-0.3, -0.25) is 4.79 Å². The van der Waals surface area contributed by atoms with Crippen LogP contribution in [0.5, 0.6) is 0 Å². The largest absolute Gasteiger partial charge is 0.371 e. The fourth-order valence-electron chi connectivity index (χ4n) is 2.79. The molecule has 146 valence electrons. The van der Waals surface area contributed by atoms with Gasteiger partial charge in [0, 0.05) is 37.4 Å². The second-order valence-electron chi connectivity index (χ2n) is 5.98. The van der Waals surface area contributed by atoms with Crippen molar-refractivity contribution < 1.29 is 9.53 Å². The highest BCUT2D eigenvalue weighted by Gasteiger charge is 2.16. The Hall–Kier alpha value is -2.52. The summed E-state index contributed by atoms with van der Waals surface area (Å²) < 4.78 is 7.14. The first kappa shape index (κ1) is 20.2. The molecule has 1 atom stereocenters. The van der Waals surface area contributed by atoms with Crippen molar-refractivity contribution in [3.63, 3.8) is 0 Å². The normalized spacial score (nSPS) is 16.2. The molecule has 8 nitrogen and oxygen atoms in total. The molecule has 0 unspecified atom stereocenters. The summed E-state index contributed by atoms with van der Waals surface area (Å²) >= 11 is 6.01. The van der Waals surface area contributed by atoms with Crippen LogP contribution < -0.4 is 10.6 Å². The van der Waals surface area contributed by atoms with Crippen LogP contribution >= 0.6 is 24.0 Å². The number of amides is 1. The Bertz CT molecular complexity index is 941. The van der Waals surface area contributed by atoms with Crippen LogP contribution in [-0.2, 0) is 4.74 Å². The summed E-state index contributed by atoms with van der Waals surface area (Å²) in [6.45, 7) is 2.36. The molecule has 28 heavy (non-hydrogen) atoms. The number of morpholine rings is 1. The first-order chi connectivity index (χ1) is 13.2. The molecule has 0 saturated carbocycles. The van der Waals surface area contributed by atoms with Gasteiger partial charge >= 0.3 is 0 Å². The Morgan fingerprint density at radius 3 is 2.75 bits per heavy atom. The standard InChI is InChI=1S/C18H17ClN6O2.ClH/c19-16-17(22-6-5-21-16)25-11-13(9-23-25)18(26)24-14-3-1-12(2-4-14)15-10-20-7-8-27-15;/h1-6,9,11,15,20H,7-8,10H2,(H,24,26);1H/t15-;/m1./s1. The van der Waals surface area contributed by atoms with Crippen LogP contribution in [-0.4, -0.2) is 45.4 Å². The maximum absolute atomic E-state index is 12.5. The Balaban J connectivity index is 0.00000225. The lowest BCUT2D eigenvalue weighted by atomic mass is 10.1. The van der Waals surface area contributed by atoms with Crippen molar-refractivity contribution in [3.8, 4) is 5.82 Å². The van der Waals surface area contributed by atoms with Crippen molar-refractivity contribution in [2.75, 3.05) is 25.0 Å². The summed E-state index contributed by atoms with van der Waals surface area (Å²) in [7, 11) is 0. The summed E-state index contributed by atoms with van der Waals surface area (Å²) in [4.78, 5) is 20.5. The monoisotopic (exact) mass is 420 g/mol. The molecular formula is C18H18Cl2N6O2. The number of hydrogen-bond acceptors (Lipinski definition) is 6. The number of hydrogen-bond donors (Lipinski definition) is 2. The number of anilines is 1. The average Bonchev–Trinajstić information content (AvgIpc) is 3.20. The van der Waals surface area contributed by atoms with Crippen molar-refractivity contribution in [1.29, 1.82) is 0 Å². The van der Waals surface area contributed by atoms with E-state index in [0.717, 1.165) is 18.7 Å². The molecule has 1 fully saturated rings. The van der Waals surface area contributed by atoms with Gasteiger partial charge in [0.05, 0.1) is 24.5 Å². The van der Waals surface area contributed by atoms with Crippen LogP contribution in [0.15, 0.2) is 49.1 Å². The Labute approximate surface area is 172 Å². The molecule has 1 saturated heterocycles. The molecule has 0 spiro atoms. The number of nitrogens with zero attached hydrogens (tertiary/aromatic N) is 4. The number of halogens is 2. The summed E-state index contributed by atoms with van der Waals surface area (Å²) in [5, 5.41) is 10.5. The number of ether oxygens (including phenoxy) is 1. The number of rotatable bonds is 4.